The largest absolute Gasteiger partial charge is 0.478 e. The number of benzene rings is 1. The van der Waals surface area contributed by atoms with Crippen molar-refractivity contribution in [1.82, 2.24) is 9.78 Å². The maximum absolute atomic E-state index is 11.1. The highest BCUT2D eigenvalue weighted by Crippen LogP contribution is 2.22. The maximum atomic E-state index is 11.1. The molecule has 0 amide bonds. The smallest absolute Gasteiger partial charge is 0.337 e. The lowest BCUT2D eigenvalue weighted by molar-refractivity contribution is 0.0696. The molecule has 6 heteroatoms. The van der Waals surface area contributed by atoms with E-state index in [0.717, 1.165) is 0 Å². The average molecular weight is 271 g/mol. The minimum absolute atomic E-state index is 0.119. The third-order valence-corrected chi connectivity index (χ3v) is 2.88. The van der Waals surface area contributed by atoms with E-state index in [0.29, 0.717) is 21.4 Å². The monoisotopic (exact) mass is 270 g/mol. The van der Waals surface area contributed by atoms with Crippen LogP contribution >= 0.6 is 23.2 Å². The normalized spacial score (nSPS) is 10.5. The first-order valence-corrected chi connectivity index (χ1v) is 5.49. The molecule has 0 radical (unpaired) electrons. The fraction of sp³-hybridized carbons (Fsp3) is 0.0909. The number of nitrogens with zero attached hydrogens (tertiary/aromatic N) is 2. The molecule has 2 rings (SSSR count). The first-order valence-electron chi connectivity index (χ1n) is 4.74. The van der Waals surface area contributed by atoms with Crippen LogP contribution in [0.2, 0.25) is 10.0 Å². The lowest BCUT2D eigenvalue weighted by atomic mass is 10.2. The van der Waals surface area contributed by atoms with Crippen LogP contribution in [0.3, 0.4) is 0 Å². The molecule has 88 valence electrons. The van der Waals surface area contributed by atoms with E-state index < -0.39 is 5.97 Å². The number of aromatic carboxylic acids is 1. The van der Waals surface area contributed by atoms with Crippen LogP contribution in [0.1, 0.15) is 16.1 Å². The van der Waals surface area contributed by atoms with E-state index in [1.165, 1.54) is 22.9 Å². The van der Waals surface area contributed by atoms with E-state index in [2.05, 4.69) is 5.10 Å². The number of aryl methyl sites for hydroxylation is 1. The van der Waals surface area contributed by atoms with Gasteiger partial charge in [-0.1, -0.05) is 23.2 Å². The van der Waals surface area contributed by atoms with Crippen LogP contribution in [0, 0.1) is 6.92 Å². The van der Waals surface area contributed by atoms with Crippen molar-refractivity contribution in [3.8, 4) is 5.69 Å². The van der Waals surface area contributed by atoms with Crippen molar-refractivity contribution >= 4 is 29.2 Å². The molecule has 0 saturated carbocycles. The SMILES string of the molecule is Cc1nn(-c2cc(Cl)ccc2C(=O)O)cc1Cl. The van der Waals surface area contributed by atoms with Crippen molar-refractivity contribution in [1.29, 1.82) is 0 Å². The molecule has 0 bridgehead atoms. The Morgan fingerprint density at radius 2 is 2.12 bits per heavy atom. The van der Waals surface area contributed by atoms with Crippen LogP contribution < -0.4 is 0 Å². The number of carboxylic acid groups (broad SMARTS) is 1. The number of carbonyl (C=O) groups is 1. The molecule has 0 aliphatic rings. The summed E-state index contributed by atoms with van der Waals surface area (Å²) >= 11 is 11.7. The van der Waals surface area contributed by atoms with Gasteiger partial charge in [-0.3, -0.25) is 0 Å². The summed E-state index contributed by atoms with van der Waals surface area (Å²) in [5.41, 5.74) is 1.14. The van der Waals surface area contributed by atoms with Gasteiger partial charge in [0.2, 0.25) is 0 Å². The molecule has 17 heavy (non-hydrogen) atoms. The van der Waals surface area contributed by atoms with Crippen LogP contribution in [0.4, 0.5) is 0 Å². The maximum Gasteiger partial charge on any atom is 0.337 e. The zero-order valence-corrected chi connectivity index (χ0v) is 10.3. The van der Waals surface area contributed by atoms with E-state index in [-0.39, 0.29) is 5.56 Å². The van der Waals surface area contributed by atoms with Crippen molar-refractivity contribution in [3.05, 3.63) is 45.7 Å². The number of hydrogen-bond acceptors (Lipinski definition) is 2. The summed E-state index contributed by atoms with van der Waals surface area (Å²) in [4.78, 5) is 11.1. The summed E-state index contributed by atoms with van der Waals surface area (Å²) in [5, 5.41) is 14.1. The van der Waals surface area contributed by atoms with Gasteiger partial charge in [0.1, 0.15) is 0 Å². The fourth-order valence-electron chi connectivity index (χ4n) is 1.44. The lowest BCUT2D eigenvalue weighted by Crippen LogP contribution is -2.05. The minimum atomic E-state index is -1.04. The Bertz CT molecular complexity index is 574. The van der Waals surface area contributed by atoms with Gasteiger partial charge in [-0.25, -0.2) is 9.48 Å². The van der Waals surface area contributed by atoms with E-state index in [1.807, 2.05) is 0 Å². The van der Waals surface area contributed by atoms with Crippen molar-refractivity contribution in [3.63, 3.8) is 0 Å². The van der Waals surface area contributed by atoms with E-state index >= 15 is 0 Å². The van der Waals surface area contributed by atoms with Gasteiger partial charge < -0.3 is 5.11 Å². The average Bonchev–Trinajstić information content (AvgIpc) is 2.58. The third-order valence-electron chi connectivity index (χ3n) is 2.28. The summed E-state index contributed by atoms with van der Waals surface area (Å²) in [6.45, 7) is 1.74. The highest BCUT2D eigenvalue weighted by Gasteiger charge is 2.14. The van der Waals surface area contributed by atoms with Gasteiger partial charge in [-0.05, 0) is 25.1 Å². The minimum Gasteiger partial charge on any atom is -0.478 e. The quantitative estimate of drug-likeness (QED) is 0.912. The molecule has 0 unspecified atom stereocenters. The fourth-order valence-corrected chi connectivity index (χ4v) is 1.73. The predicted octanol–water partition coefficient (Wildman–Crippen LogP) is 3.19. The Labute approximate surface area is 107 Å². The lowest BCUT2D eigenvalue weighted by Gasteiger charge is -2.06. The Hall–Kier alpha value is -1.52. The first-order chi connectivity index (χ1) is 7.99. The highest BCUT2D eigenvalue weighted by atomic mass is 35.5. The molecule has 4 nitrogen and oxygen atoms in total. The second kappa shape index (κ2) is 4.39. The molecule has 0 aliphatic carbocycles. The summed E-state index contributed by atoms with van der Waals surface area (Å²) in [6.07, 6.45) is 1.55. The second-order valence-electron chi connectivity index (χ2n) is 3.47. The molecule has 1 heterocycles. The molecule has 0 fully saturated rings. The van der Waals surface area contributed by atoms with E-state index in [1.54, 1.807) is 13.1 Å². The van der Waals surface area contributed by atoms with Gasteiger partial charge in [0.25, 0.3) is 0 Å². The van der Waals surface area contributed by atoms with Gasteiger partial charge in [0, 0.05) is 11.2 Å². The first kappa shape index (κ1) is 12.0. The van der Waals surface area contributed by atoms with Crippen molar-refractivity contribution < 1.29 is 9.90 Å². The number of carboxylic acids is 1. The van der Waals surface area contributed by atoms with Crippen LogP contribution in [-0.4, -0.2) is 20.9 Å². The number of rotatable bonds is 2. The Balaban J connectivity index is 2.64. The zero-order chi connectivity index (χ0) is 12.6. The second-order valence-corrected chi connectivity index (χ2v) is 4.32. The number of hydrogen-bond donors (Lipinski definition) is 1. The van der Waals surface area contributed by atoms with Crippen LogP contribution in [0.5, 0.6) is 0 Å². The van der Waals surface area contributed by atoms with Gasteiger partial charge in [-0.2, -0.15) is 5.10 Å². The summed E-state index contributed by atoms with van der Waals surface area (Å²) in [7, 11) is 0. The van der Waals surface area contributed by atoms with E-state index in [4.69, 9.17) is 28.3 Å². The highest BCUT2D eigenvalue weighted by molar-refractivity contribution is 6.31. The molecule has 0 spiro atoms. The van der Waals surface area contributed by atoms with Crippen molar-refractivity contribution in [2.24, 2.45) is 0 Å². The molecular formula is C11H8Cl2N2O2. The summed E-state index contributed by atoms with van der Waals surface area (Å²) in [5.74, 6) is -1.04. The Morgan fingerprint density at radius 3 is 2.65 bits per heavy atom. The number of halogens is 2. The molecule has 1 N–H and O–H groups in total. The Kier molecular flexibility index (Phi) is 3.09. The van der Waals surface area contributed by atoms with Crippen LogP contribution in [0.25, 0.3) is 5.69 Å². The molecular weight excluding hydrogens is 263 g/mol. The number of aromatic nitrogens is 2. The third kappa shape index (κ3) is 2.28. The predicted molar refractivity (Wildman–Crippen MR) is 65.3 cm³/mol. The van der Waals surface area contributed by atoms with Gasteiger partial charge in [0.15, 0.2) is 0 Å². The van der Waals surface area contributed by atoms with Gasteiger partial charge >= 0.3 is 5.97 Å². The molecule has 1 aromatic heterocycles. The Morgan fingerprint density at radius 1 is 1.41 bits per heavy atom. The van der Waals surface area contributed by atoms with Crippen LogP contribution in [-0.2, 0) is 0 Å². The van der Waals surface area contributed by atoms with Crippen molar-refractivity contribution in [2.75, 3.05) is 0 Å². The standard InChI is InChI=1S/C11H8Cl2N2O2/c1-6-9(13)5-15(14-6)10-4-7(12)2-3-8(10)11(16)17/h2-5H,1H3,(H,16,17). The summed E-state index contributed by atoms with van der Waals surface area (Å²) in [6, 6.07) is 4.49. The van der Waals surface area contributed by atoms with Crippen molar-refractivity contribution in [2.45, 2.75) is 6.92 Å². The molecule has 0 atom stereocenters. The molecule has 0 aliphatic heterocycles. The van der Waals surface area contributed by atoms with E-state index in [9.17, 15) is 4.79 Å². The topological polar surface area (TPSA) is 55.1 Å². The molecule has 0 saturated heterocycles. The molecule has 2 aromatic rings. The molecule has 1 aromatic carbocycles. The van der Waals surface area contributed by atoms with Gasteiger partial charge in [-0.15, -0.1) is 0 Å². The summed E-state index contributed by atoms with van der Waals surface area (Å²) < 4.78 is 1.41. The van der Waals surface area contributed by atoms with Crippen LogP contribution in [0.15, 0.2) is 24.4 Å². The zero-order valence-electron chi connectivity index (χ0n) is 8.82. The van der Waals surface area contributed by atoms with Gasteiger partial charge in [0.05, 0.1) is 22.0 Å².